The lowest BCUT2D eigenvalue weighted by atomic mass is 9.66. The van der Waals surface area contributed by atoms with Crippen molar-refractivity contribution in [3.05, 3.63) is 65.7 Å². The topological polar surface area (TPSA) is 132 Å². The van der Waals surface area contributed by atoms with Crippen molar-refractivity contribution >= 4 is 5.91 Å². The molecule has 2 bridgehead atoms. The van der Waals surface area contributed by atoms with Crippen LogP contribution in [0.15, 0.2) is 54.6 Å². The predicted molar refractivity (Wildman–Crippen MR) is 137 cm³/mol. The summed E-state index contributed by atoms with van der Waals surface area (Å²) in [5.41, 5.74) is 8.24. The number of ether oxygens (including phenoxy) is 4. The zero-order valence-electron chi connectivity index (χ0n) is 21.2. The molecule has 5 fully saturated rings. The van der Waals surface area contributed by atoms with Crippen molar-refractivity contribution in [3.8, 4) is 5.75 Å². The number of nitrogens with two attached hydrogens (primary N) is 1. The average Bonchev–Trinajstić information content (AvgIpc) is 2.94. The van der Waals surface area contributed by atoms with Crippen LogP contribution in [0, 0.1) is 17.8 Å². The number of hydrogen-bond acceptors (Lipinski definition) is 8. The number of fused-ring (bicyclic) bond motifs is 2. The van der Waals surface area contributed by atoms with E-state index in [9.17, 15) is 15.0 Å². The minimum atomic E-state index is -1.15. The molecule has 0 spiro atoms. The first kappa shape index (κ1) is 25.7. The smallest absolute Gasteiger partial charge is 0.237 e. The van der Waals surface area contributed by atoms with E-state index in [-0.39, 0.29) is 30.6 Å². The molecule has 5 N–H and O–H groups in total. The standard InChI is InChI=1S/C29H36N2O7/c30-21(12-16-6-8-18(9-7-16)35-14-17-4-2-1-3-5-17)28(34)31-13-23-24-25(32)26(33)29(38-23)37-22-11-10-19(22)20-15-36-27(20)24/h1-9,19-27,29,32-33H,10-15,30H2,(H,31,34)/t19?,20?,21-,22?,23?,24?,25?,26?,27?,29?/m0/s1. The second-order valence-corrected chi connectivity index (χ2v) is 11.0. The predicted octanol–water partition coefficient (Wildman–Crippen LogP) is 1.14. The summed E-state index contributed by atoms with van der Waals surface area (Å²) in [6.45, 7) is 1.26. The molecule has 0 aromatic heterocycles. The van der Waals surface area contributed by atoms with Crippen LogP contribution in [0.5, 0.6) is 5.75 Å². The van der Waals surface area contributed by atoms with E-state index in [1.165, 1.54) is 0 Å². The molecule has 2 aromatic rings. The average molecular weight is 525 g/mol. The van der Waals surface area contributed by atoms with E-state index in [0.29, 0.717) is 25.6 Å². The summed E-state index contributed by atoms with van der Waals surface area (Å²) in [6, 6.07) is 16.8. The molecule has 7 rings (SSSR count). The van der Waals surface area contributed by atoms with Crippen LogP contribution in [0.25, 0.3) is 0 Å². The van der Waals surface area contributed by atoms with Gasteiger partial charge in [-0.1, -0.05) is 42.5 Å². The van der Waals surface area contributed by atoms with Gasteiger partial charge in [-0.15, -0.1) is 0 Å². The van der Waals surface area contributed by atoms with Crippen LogP contribution >= 0.6 is 0 Å². The Bertz CT molecular complexity index is 1100. The molecule has 38 heavy (non-hydrogen) atoms. The molecule has 1 aliphatic carbocycles. The number of benzene rings is 2. The van der Waals surface area contributed by atoms with Crippen molar-refractivity contribution in [1.82, 2.24) is 5.32 Å². The fourth-order valence-electron chi connectivity index (χ4n) is 6.20. The molecule has 9 nitrogen and oxygen atoms in total. The number of aliphatic hydroxyl groups is 2. The van der Waals surface area contributed by atoms with E-state index < -0.39 is 36.6 Å². The fourth-order valence-corrected chi connectivity index (χ4v) is 6.20. The van der Waals surface area contributed by atoms with Gasteiger partial charge in [0.25, 0.3) is 0 Å². The molecule has 9 heteroatoms. The lowest BCUT2D eigenvalue weighted by Gasteiger charge is -2.52. The number of nitrogens with one attached hydrogen (secondary N) is 1. The molecule has 4 aliphatic heterocycles. The van der Waals surface area contributed by atoms with Gasteiger partial charge in [0, 0.05) is 18.4 Å². The number of carbonyl (C=O) groups is 1. The van der Waals surface area contributed by atoms with Gasteiger partial charge in [0.15, 0.2) is 6.29 Å². The molecule has 2 aromatic carbocycles. The van der Waals surface area contributed by atoms with Crippen LogP contribution in [0.3, 0.4) is 0 Å². The Morgan fingerprint density at radius 2 is 1.79 bits per heavy atom. The van der Waals surface area contributed by atoms with Crippen molar-refractivity contribution in [2.24, 2.45) is 23.5 Å². The molecule has 1 saturated carbocycles. The van der Waals surface area contributed by atoms with Crippen molar-refractivity contribution in [2.75, 3.05) is 13.2 Å². The normalized spacial score (nSPS) is 36.2. The minimum Gasteiger partial charge on any atom is -0.489 e. The Kier molecular flexibility index (Phi) is 7.39. The maximum Gasteiger partial charge on any atom is 0.237 e. The number of aliphatic hydroxyl groups excluding tert-OH is 2. The summed E-state index contributed by atoms with van der Waals surface area (Å²) >= 11 is 0. The van der Waals surface area contributed by atoms with E-state index in [1.807, 2.05) is 54.6 Å². The van der Waals surface area contributed by atoms with Crippen LogP contribution in [-0.2, 0) is 32.0 Å². The van der Waals surface area contributed by atoms with Gasteiger partial charge in [0.05, 0.1) is 37.1 Å². The fraction of sp³-hybridized carbons (Fsp3) is 0.552. The molecule has 4 heterocycles. The first-order chi connectivity index (χ1) is 18.5. The Balaban J connectivity index is 1.03. The van der Waals surface area contributed by atoms with E-state index in [4.69, 9.17) is 24.7 Å². The third-order valence-electron chi connectivity index (χ3n) is 8.61. The lowest BCUT2D eigenvalue weighted by Crippen LogP contribution is -2.64. The number of carbonyl (C=O) groups excluding carboxylic acids is 1. The molecule has 204 valence electrons. The summed E-state index contributed by atoms with van der Waals surface area (Å²) in [4.78, 5) is 12.9. The molecule has 9 unspecified atom stereocenters. The second-order valence-electron chi connectivity index (χ2n) is 11.0. The van der Waals surface area contributed by atoms with Crippen molar-refractivity contribution in [3.63, 3.8) is 0 Å². The van der Waals surface area contributed by atoms with E-state index in [2.05, 4.69) is 5.32 Å². The highest BCUT2D eigenvalue weighted by molar-refractivity contribution is 5.81. The molecule has 4 saturated heterocycles. The van der Waals surface area contributed by atoms with Crippen LogP contribution in [0.1, 0.15) is 24.0 Å². The molecule has 1 amide bonds. The minimum absolute atomic E-state index is 0.00823. The number of hydrogen-bond donors (Lipinski definition) is 4. The van der Waals surface area contributed by atoms with Gasteiger partial charge >= 0.3 is 0 Å². The van der Waals surface area contributed by atoms with Gasteiger partial charge < -0.3 is 40.2 Å². The Labute approximate surface area is 222 Å². The third kappa shape index (κ3) is 5.06. The zero-order valence-corrected chi connectivity index (χ0v) is 21.2. The molecular formula is C29H36N2O7. The van der Waals surface area contributed by atoms with Gasteiger partial charge in [-0.2, -0.15) is 0 Å². The first-order valence-corrected chi connectivity index (χ1v) is 13.6. The summed E-state index contributed by atoms with van der Waals surface area (Å²) in [6.07, 6.45) is -1.58. The van der Waals surface area contributed by atoms with Gasteiger partial charge in [0.1, 0.15) is 18.5 Å². The second kappa shape index (κ2) is 10.9. The molecule has 5 aliphatic rings. The quantitative estimate of drug-likeness (QED) is 0.404. The number of rotatable bonds is 8. The van der Waals surface area contributed by atoms with Gasteiger partial charge in [-0.3, -0.25) is 4.79 Å². The van der Waals surface area contributed by atoms with Crippen molar-refractivity contribution in [1.29, 1.82) is 0 Å². The Morgan fingerprint density at radius 1 is 1.00 bits per heavy atom. The molecule has 10 atom stereocenters. The summed E-state index contributed by atoms with van der Waals surface area (Å²) in [5.74, 6) is 0.604. The highest BCUT2D eigenvalue weighted by Crippen LogP contribution is 2.49. The molecule has 0 radical (unpaired) electrons. The SMILES string of the molecule is N[C@@H](Cc1ccc(OCc2ccccc2)cc1)C(=O)NCC1OC2OC3CCC3C3COC3C1C(O)C2O. The Hall–Kier alpha value is -2.53. The van der Waals surface area contributed by atoms with Gasteiger partial charge in [-0.05, 0) is 48.4 Å². The number of amides is 1. The van der Waals surface area contributed by atoms with Crippen molar-refractivity contribution < 1.29 is 34.0 Å². The zero-order chi connectivity index (χ0) is 26.2. The summed E-state index contributed by atoms with van der Waals surface area (Å²) in [7, 11) is 0. The maximum absolute atomic E-state index is 12.9. The van der Waals surface area contributed by atoms with Crippen LogP contribution in [0.2, 0.25) is 0 Å². The third-order valence-corrected chi connectivity index (χ3v) is 8.61. The van der Waals surface area contributed by atoms with Crippen LogP contribution in [0.4, 0.5) is 0 Å². The lowest BCUT2D eigenvalue weighted by molar-refractivity contribution is -0.308. The van der Waals surface area contributed by atoms with Crippen LogP contribution in [-0.4, -0.2) is 72.1 Å². The largest absolute Gasteiger partial charge is 0.489 e. The Morgan fingerprint density at radius 3 is 2.47 bits per heavy atom. The van der Waals surface area contributed by atoms with Crippen molar-refractivity contribution in [2.45, 2.75) is 68.7 Å². The molecular weight excluding hydrogens is 488 g/mol. The first-order valence-electron chi connectivity index (χ1n) is 13.6. The van der Waals surface area contributed by atoms with E-state index >= 15 is 0 Å². The van der Waals surface area contributed by atoms with Crippen LogP contribution < -0.4 is 15.8 Å². The summed E-state index contributed by atoms with van der Waals surface area (Å²) in [5, 5.41) is 24.5. The van der Waals surface area contributed by atoms with Gasteiger partial charge in [0.2, 0.25) is 5.91 Å². The summed E-state index contributed by atoms with van der Waals surface area (Å²) < 4.78 is 23.9. The van der Waals surface area contributed by atoms with E-state index in [1.54, 1.807) is 0 Å². The highest BCUT2D eigenvalue weighted by Gasteiger charge is 2.59. The maximum atomic E-state index is 12.9. The van der Waals surface area contributed by atoms with Gasteiger partial charge in [-0.25, -0.2) is 0 Å². The van der Waals surface area contributed by atoms with E-state index in [0.717, 1.165) is 29.7 Å². The monoisotopic (exact) mass is 524 g/mol. The highest BCUT2D eigenvalue weighted by atomic mass is 16.7.